The number of nitrogens with one attached hydrogen (secondary N) is 2. The van der Waals surface area contributed by atoms with Gasteiger partial charge in [-0.25, -0.2) is 4.79 Å². The molecule has 0 spiro atoms. The third-order valence-electron chi connectivity index (χ3n) is 2.07. The van der Waals surface area contributed by atoms with Crippen LogP contribution in [-0.2, 0) is 0 Å². The Morgan fingerprint density at radius 1 is 1.29 bits per heavy atom. The summed E-state index contributed by atoms with van der Waals surface area (Å²) in [5.74, 6) is -0.119. The van der Waals surface area contributed by atoms with Gasteiger partial charge in [-0.05, 0) is 19.1 Å². The first-order valence-electron chi connectivity index (χ1n) is 4.10. The molecule has 0 aliphatic rings. The van der Waals surface area contributed by atoms with E-state index in [-0.39, 0.29) is 11.5 Å². The number of aromatic amines is 2. The summed E-state index contributed by atoms with van der Waals surface area (Å²) in [6, 6.07) is 3.15. The van der Waals surface area contributed by atoms with E-state index in [1.165, 1.54) is 6.92 Å². The van der Waals surface area contributed by atoms with E-state index in [0.717, 1.165) is 0 Å². The molecule has 0 bridgehead atoms. The molecule has 1 heterocycles. The number of carbonyl (C=O) groups excluding carboxylic acids is 1. The molecule has 0 aliphatic carbocycles. The standard InChI is InChI=1S/C9H9N3O2/c1-4(13)5-2-7-8(3-6(5)10)12-9(14)11-7/h2-3H,10H2,1H3,(H2,11,12,14). The smallest absolute Gasteiger partial charge is 0.323 e. The lowest BCUT2D eigenvalue weighted by Gasteiger charge is -2.00. The van der Waals surface area contributed by atoms with Gasteiger partial charge < -0.3 is 15.7 Å². The Kier molecular flexibility index (Phi) is 1.67. The zero-order valence-corrected chi connectivity index (χ0v) is 7.55. The predicted octanol–water partition coefficient (Wildman–Crippen LogP) is 0.641. The average Bonchev–Trinajstić information content (AvgIpc) is 2.42. The lowest BCUT2D eigenvalue weighted by atomic mass is 10.1. The first-order valence-corrected chi connectivity index (χ1v) is 4.10. The molecule has 5 nitrogen and oxygen atoms in total. The molecular formula is C9H9N3O2. The van der Waals surface area contributed by atoms with Gasteiger partial charge >= 0.3 is 5.69 Å². The average molecular weight is 191 g/mol. The maximum Gasteiger partial charge on any atom is 0.323 e. The van der Waals surface area contributed by atoms with E-state index in [9.17, 15) is 9.59 Å². The zero-order valence-electron chi connectivity index (χ0n) is 7.55. The van der Waals surface area contributed by atoms with Crippen molar-refractivity contribution >= 4 is 22.5 Å². The molecule has 0 radical (unpaired) electrons. The van der Waals surface area contributed by atoms with Gasteiger partial charge in [-0.15, -0.1) is 0 Å². The Morgan fingerprint density at radius 3 is 2.43 bits per heavy atom. The number of nitrogens with two attached hydrogens (primary N) is 1. The van der Waals surface area contributed by atoms with Gasteiger partial charge in [-0.2, -0.15) is 0 Å². The molecule has 4 N–H and O–H groups in total. The lowest BCUT2D eigenvalue weighted by molar-refractivity contribution is 0.101. The maximum absolute atomic E-state index is 11.1. The molecule has 0 aliphatic heterocycles. The molecule has 0 fully saturated rings. The Morgan fingerprint density at radius 2 is 1.86 bits per heavy atom. The van der Waals surface area contributed by atoms with E-state index in [1.807, 2.05) is 0 Å². The van der Waals surface area contributed by atoms with Crippen molar-refractivity contribution in [3.8, 4) is 0 Å². The fraction of sp³-hybridized carbons (Fsp3) is 0.111. The maximum atomic E-state index is 11.1. The first kappa shape index (κ1) is 8.55. The number of fused-ring (bicyclic) bond motifs is 1. The lowest BCUT2D eigenvalue weighted by Crippen LogP contribution is -1.99. The van der Waals surface area contributed by atoms with E-state index >= 15 is 0 Å². The minimum Gasteiger partial charge on any atom is -0.398 e. The van der Waals surface area contributed by atoms with Crippen molar-refractivity contribution in [3.05, 3.63) is 28.2 Å². The van der Waals surface area contributed by atoms with Gasteiger partial charge in [-0.1, -0.05) is 0 Å². The molecule has 72 valence electrons. The van der Waals surface area contributed by atoms with E-state index in [0.29, 0.717) is 22.3 Å². The number of H-pyrrole nitrogens is 2. The summed E-state index contributed by atoms with van der Waals surface area (Å²) in [6.45, 7) is 1.43. The van der Waals surface area contributed by atoms with Crippen LogP contribution >= 0.6 is 0 Å². The molecular weight excluding hydrogens is 182 g/mol. The molecule has 0 unspecified atom stereocenters. The molecule has 1 aromatic carbocycles. The number of benzene rings is 1. The van der Waals surface area contributed by atoms with Gasteiger partial charge in [0, 0.05) is 11.3 Å². The number of anilines is 1. The Hall–Kier alpha value is -2.04. The fourth-order valence-electron chi connectivity index (χ4n) is 1.40. The minimum absolute atomic E-state index is 0.119. The first-order chi connectivity index (χ1) is 6.58. The highest BCUT2D eigenvalue weighted by molar-refractivity contribution is 6.02. The van der Waals surface area contributed by atoms with Crippen LogP contribution in [0.3, 0.4) is 0 Å². The Labute approximate surface area is 78.9 Å². The van der Waals surface area contributed by atoms with Gasteiger partial charge in [0.05, 0.1) is 11.0 Å². The molecule has 2 aromatic rings. The van der Waals surface area contributed by atoms with E-state index in [2.05, 4.69) is 9.97 Å². The second-order valence-corrected chi connectivity index (χ2v) is 3.12. The Balaban J connectivity index is 2.82. The van der Waals surface area contributed by atoms with Crippen molar-refractivity contribution in [2.75, 3.05) is 5.73 Å². The number of carbonyl (C=O) groups is 1. The zero-order chi connectivity index (χ0) is 10.3. The van der Waals surface area contributed by atoms with Gasteiger partial charge in [-0.3, -0.25) is 4.79 Å². The van der Waals surface area contributed by atoms with Crippen molar-refractivity contribution in [2.24, 2.45) is 0 Å². The molecule has 5 heteroatoms. The third-order valence-corrected chi connectivity index (χ3v) is 2.07. The number of aromatic nitrogens is 2. The van der Waals surface area contributed by atoms with Crippen LogP contribution in [0.15, 0.2) is 16.9 Å². The number of imidazole rings is 1. The number of hydrogen-bond acceptors (Lipinski definition) is 3. The number of ketones is 1. The van der Waals surface area contributed by atoms with Crippen LogP contribution in [0.5, 0.6) is 0 Å². The summed E-state index contributed by atoms with van der Waals surface area (Å²) in [7, 11) is 0. The molecule has 0 saturated heterocycles. The van der Waals surface area contributed by atoms with E-state index in [1.54, 1.807) is 12.1 Å². The second kappa shape index (κ2) is 2.73. The van der Waals surface area contributed by atoms with Crippen molar-refractivity contribution < 1.29 is 4.79 Å². The van der Waals surface area contributed by atoms with Gasteiger partial charge in [0.2, 0.25) is 0 Å². The number of hydrogen-bond donors (Lipinski definition) is 3. The topological polar surface area (TPSA) is 91.7 Å². The minimum atomic E-state index is -0.305. The Bertz CT molecular complexity index is 565. The van der Waals surface area contributed by atoms with Crippen molar-refractivity contribution in [1.82, 2.24) is 9.97 Å². The van der Waals surface area contributed by atoms with Crippen molar-refractivity contribution in [1.29, 1.82) is 0 Å². The molecule has 0 amide bonds. The van der Waals surface area contributed by atoms with Gasteiger partial charge in [0.25, 0.3) is 0 Å². The summed E-state index contributed by atoms with van der Waals surface area (Å²) in [4.78, 5) is 27.2. The monoisotopic (exact) mass is 191 g/mol. The van der Waals surface area contributed by atoms with Crippen LogP contribution < -0.4 is 11.4 Å². The van der Waals surface area contributed by atoms with E-state index in [4.69, 9.17) is 5.73 Å². The normalized spacial score (nSPS) is 10.6. The fourth-order valence-corrected chi connectivity index (χ4v) is 1.40. The van der Waals surface area contributed by atoms with Crippen LogP contribution in [0.4, 0.5) is 5.69 Å². The second-order valence-electron chi connectivity index (χ2n) is 3.12. The SMILES string of the molecule is CC(=O)c1cc2[nH]c(=O)[nH]c2cc1N. The van der Waals surface area contributed by atoms with Gasteiger partial charge in [0.1, 0.15) is 0 Å². The largest absolute Gasteiger partial charge is 0.398 e. The van der Waals surface area contributed by atoms with Crippen LogP contribution in [0.2, 0.25) is 0 Å². The number of Topliss-reactive ketones (excluding diaryl/α,β-unsaturated/α-hetero) is 1. The van der Waals surface area contributed by atoms with E-state index < -0.39 is 0 Å². The highest BCUT2D eigenvalue weighted by Crippen LogP contribution is 2.18. The quantitative estimate of drug-likeness (QED) is 0.456. The van der Waals surface area contributed by atoms with Gasteiger partial charge in [0.15, 0.2) is 5.78 Å². The summed E-state index contributed by atoms with van der Waals surface area (Å²) < 4.78 is 0. The summed E-state index contributed by atoms with van der Waals surface area (Å²) >= 11 is 0. The molecule has 2 rings (SSSR count). The van der Waals surface area contributed by atoms with Crippen LogP contribution in [0, 0.1) is 0 Å². The highest BCUT2D eigenvalue weighted by Gasteiger charge is 2.07. The molecule has 14 heavy (non-hydrogen) atoms. The molecule has 0 saturated carbocycles. The van der Waals surface area contributed by atoms with Crippen LogP contribution in [0.25, 0.3) is 11.0 Å². The van der Waals surface area contributed by atoms with Crippen molar-refractivity contribution in [3.63, 3.8) is 0 Å². The molecule has 0 atom stereocenters. The van der Waals surface area contributed by atoms with Crippen molar-refractivity contribution in [2.45, 2.75) is 6.92 Å². The van der Waals surface area contributed by atoms with Crippen LogP contribution in [-0.4, -0.2) is 15.8 Å². The number of nitrogen functional groups attached to an aromatic ring is 1. The highest BCUT2D eigenvalue weighted by atomic mass is 16.1. The summed E-state index contributed by atoms with van der Waals surface area (Å²) in [5, 5.41) is 0. The third kappa shape index (κ3) is 1.19. The molecule has 1 aromatic heterocycles. The van der Waals surface area contributed by atoms with Crippen LogP contribution in [0.1, 0.15) is 17.3 Å². The number of rotatable bonds is 1. The predicted molar refractivity (Wildman–Crippen MR) is 53.3 cm³/mol. The summed E-state index contributed by atoms with van der Waals surface area (Å²) in [6.07, 6.45) is 0. The summed E-state index contributed by atoms with van der Waals surface area (Å²) in [5.41, 5.74) is 7.33.